The number of hydrogen-bond acceptors (Lipinski definition) is 5. The number of nitrogens with one attached hydrogen (secondary N) is 2. The van der Waals surface area contributed by atoms with Crippen LogP contribution < -0.4 is 10.6 Å². The van der Waals surface area contributed by atoms with Crippen LogP contribution >= 0.6 is 0 Å². The van der Waals surface area contributed by atoms with E-state index in [-0.39, 0.29) is 16.5 Å². The van der Waals surface area contributed by atoms with Gasteiger partial charge >= 0.3 is 6.03 Å². The Morgan fingerprint density at radius 1 is 1.25 bits per heavy atom. The van der Waals surface area contributed by atoms with Gasteiger partial charge < -0.3 is 10.6 Å². The maximum absolute atomic E-state index is 12.6. The topological polar surface area (TPSA) is 116 Å². The van der Waals surface area contributed by atoms with Crippen molar-refractivity contribution >= 4 is 33.6 Å². The van der Waals surface area contributed by atoms with Crippen LogP contribution in [0.1, 0.15) is 33.1 Å². The van der Waals surface area contributed by atoms with Crippen LogP contribution in [0.25, 0.3) is 0 Å². The van der Waals surface area contributed by atoms with Gasteiger partial charge in [-0.25, -0.2) is 13.2 Å². The molecule has 1 aromatic rings. The number of sulfonamides is 1. The van der Waals surface area contributed by atoms with Gasteiger partial charge in [0, 0.05) is 18.8 Å². The molecule has 4 amide bonds. The molecule has 10 heteroatoms. The van der Waals surface area contributed by atoms with Crippen molar-refractivity contribution in [2.24, 2.45) is 0 Å². The Morgan fingerprint density at radius 2 is 1.93 bits per heavy atom. The number of benzene rings is 1. The van der Waals surface area contributed by atoms with Crippen LogP contribution in [0.5, 0.6) is 0 Å². The zero-order chi connectivity index (χ0) is 20.5. The van der Waals surface area contributed by atoms with Crippen molar-refractivity contribution < 1.29 is 22.8 Å². The fourth-order valence-electron chi connectivity index (χ4n) is 3.48. The summed E-state index contributed by atoms with van der Waals surface area (Å²) in [5.41, 5.74) is -0.557. The number of anilines is 1. The number of rotatable bonds is 7. The van der Waals surface area contributed by atoms with E-state index >= 15 is 0 Å². The quantitative estimate of drug-likeness (QED) is 0.656. The number of nitrogens with zero attached hydrogens (tertiary/aromatic N) is 2. The highest BCUT2D eigenvalue weighted by atomic mass is 32.2. The molecule has 3 rings (SSSR count). The molecule has 1 aromatic carbocycles. The van der Waals surface area contributed by atoms with E-state index in [1.807, 2.05) is 0 Å². The second-order valence-corrected chi connectivity index (χ2v) is 8.86. The number of urea groups is 1. The molecular weight excluding hydrogens is 384 g/mol. The van der Waals surface area contributed by atoms with Crippen molar-refractivity contribution in [3.63, 3.8) is 0 Å². The number of carbonyl (C=O) groups is 3. The van der Waals surface area contributed by atoms with Gasteiger partial charge in [-0.15, -0.1) is 0 Å². The maximum Gasteiger partial charge on any atom is 0.325 e. The van der Waals surface area contributed by atoms with Crippen LogP contribution in [-0.4, -0.2) is 60.6 Å². The highest BCUT2D eigenvalue weighted by molar-refractivity contribution is 7.89. The average molecular weight is 408 g/mol. The van der Waals surface area contributed by atoms with Crippen LogP contribution in [0.4, 0.5) is 10.5 Å². The van der Waals surface area contributed by atoms with Crippen LogP contribution in [0, 0.1) is 0 Å². The molecule has 0 bridgehead atoms. The smallest absolute Gasteiger partial charge is 0.324 e. The Morgan fingerprint density at radius 3 is 2.46 bits per heavy atom. The minimum Gasteiger partial charge on any atom is -0.324 e. The van der Waals surface area contributed by atoms with Crippen molar-refractivity contribution in [2.45, 2.75) is 43.5 Å². The third kappa shape index (κ3) is 3.49. The van der Waals surface area contributed by atoms with Crippen molar-refractivity contribution in [3.8, 4) is 0 Å². The zero-order valence-electron chi connectivity index (χ0n) is 15.9. The van der Waals surface area contributed by atoms with E-state index in [1.165, 1.54) is 22.5 Å². The SMILES string of the molecule is CCN(CC)S(=O)(=O)c1cccc(NC(=O)CN2C(=O)NC3(CCC3)C2=O)c1. The van der Waals surface area contributed by atoms with Crippen LogP contribution in [0.3, 0.4) is 0 Å². The van der Waals surface area contributed by atoms with E-state index in [0.29, 0.717) is 25.9 Å². The molecule has 2 fully saturated rings. The first-order valence-corrected chi connectivity index (χ1v) is 10.7. The van der Waals surface area contributed by atoms with Gasteiger partial charge in [-0.3, -0.25) is 14.5 Å². The van der Waals surface area contributed by atoms with Crippen molar-refractivity contribution in [2.75, 3.05) is 25.0 Å². The Labute approximate surface area is 164 Å². The first-order chi connectivity index (χ1) is 13.2. The predicted octanol–water partition coefficient (Wildman–Crippen LogP) is 1.13. The normalized spacial score (nSPS) is 18.3. The number of imide groups is 1. The minimum absolute atomic E-state index is 0.0670. The second kappa shape index (κ2) is 7.51. The molecule has 1 aliphatic heterocycles. The lowest BCUT2D eigenvalue weighted by Crippen LogP contribution is -2.52. The molecule has 2 aliphatic rings. The fraction of sp³-hybridized carbons (Fsp3) is 0.500. The summed E-state index contributed by atoms with van der Waals surface area (Å²) < 4.78 is 26.5. The predicted molar refractivity (Wildman–Crippen MR) is 102 cm³/mol. The molecule has 1 spiro atoms. The van der Waals surface area contributed by atoms with Gasteiger partial charge in [0.15, 0.2) is 0 Å². The molecule has 0 radical (unpaired) electrons. The standard InChI is InChI=1S/C18H24N4O5S/c1-3-21(4-2)28(26,27)14-8-5-7-13(11-14)19-15(23)12-22-16(24)18(9-6-10-18)20-17(22)25/h5,7-8,11H,3-4,6,9-10,12H2,1-2H3,(H,19,23)(H,20,25). The van der Waals surface area contributed by atoms with E-state index in [4.69, 9.17) is 0 Å². The summed E-state index contributed by atoms with van der Waals surface area (Å²) >= 11 is 0. The molecule has 1 saturated heterocycles. The summed E-state index contributed by atoms with van der Waals surface area (Å²) in [5.74, 6) is -0.950. The monoisotopic (exact) mass is 408 g/mol. The highest BCUT2D eigenvalue weighted by Gasteiger charge is 2.54. The van der Waals surface area contributed by atoms with E-state index in [2.05, 4.69) is 10.6 Å². The molecule has 0 aromatic heterocycles. The first kappa shape index (κ1) is 20.3. The Bertz CT molecular complexity index is 906. The van der Waals surface area contributed by atoms with Crippen LogP contribution in [0.2, 0.25) is 0 Å². The minimum atomic E-state index is -3.66. The van der Waals surface area contributed by atoms with Crippen molar-refractivity contribution in [3.05, 3.63) is 24.3 Å². The second-order valence-electron chi connectivity index (χ2n) is 6.92. The molecule has 9 nitrogen and oxygen atoms in total. The van der Waals surface area contributed by atoms with Crippen LogP contribution in [-0.2, 0) is 19.6 Å². The van der Waals surface area contributed by atoms with Gasteiger partial charge in [0.1, 0.15) is 12.1 Å². The summed E-state index contributed by atoms with van der Waals surface area (Å²) in [4.78, 5) is 37.8. The van der Waals surface area contributed by atoms with Gasteiger partial charge in [0.2, 0.25) is 15.9 Å². The molecule has 0 atom stereocenters. The van der Waals surface area contributed by atoms with Crippen molar-refractivity contribution in [1.29, 1.82) is 0 Å². The number of hydrogen-bond donors (Lipinski definition) is 2. The molecular formula is C18H24N4O5S. The van der Waals surface area contributed by atoms with Crippen LogP contribution in [0.15, 0.2) is 29.2 Å². The van der Waals surface area contributed by atoms with E-state index in [0.717, 1.165) is 11.3 Å². The Hall–Kier alpha value is -2.46. The summed E-state index contributed by atoms with van der Waals surface area (Å²) in [7, 11) is -3.66. The molecule has 1 saturated carbocycles. The summed E-state index contributed by atoms with van der Waals surface area (Å²) in [5, 5.41) is 5.23. The lowest BCUT2D eigenvalue weighted by molar-refractivity contribution is -0.136. The van der Waals surface area contributed by atoms with Gasteiger partial charge in [-0.05, 0) is 37.5 Å². The number of amides is 4. The largest absolute Gasteiger partial charge is 0.325 e. The van der Waals surface area contributed by atoms with Crippen molar-refractivity contribution in [1.82, 2.24) is 14.5 Å². The molecule has 2 N–H and O–H groups in total. The maximum atomic E-state index is 12.6. The fourth-order valence-corrected chi connectivity index (χ4v) is 4.98. The average Bonchev–Trinajstić information content (AvgIpc) is 2.87. The first-order valence-electron chi connectivity index (χ1n) is 9.27. The van der Waals surface area contributed by atoms with Gasteiger partial charge in [-0.2, -0.15) is 4.31 Å². The molecule has 1 aliphatic carbocycles. The summed E-state index contributed by atoms with van der Waals surface area (Å²) in [6.45, 7) is 3.76. The third-order valence-corrected chi connectivity index (χ3v) is 7.26. The molecule has 152 valence electrons. The third-order valence-electron chi connectivity index (χ3n) is 5.22. The summed E-state index contributed by atoms with van der Waals surface area (Å²) in [6.07, 6.45) is 2.03. The number of carbonyl (C=O) groups excluding carboxylic acids is 3. The van der Waals surface area contributed by atoms with E-state index < -0.39 is 34.0 Å². The molecule has 28 heavy (non-hydrogen) atoms. The van der Waals surface area contributed by atoms with Gasteiger partial charge in [-0.1, -0.05) is 19.9 Å². The van der Waals surface area contributed by atoms with Gasteiger partial charge in [0.25, 0.3) is 5.91 Å². The molecule has 0 unspecified atom stereocenters. The Kier molecular flexibility index (Phi) is 5.44. The highest BCUT2D eigenvalue weighted by Crippen LogP contribution is 2.37. The Balaban J connectivity index is 1.70. The lowest BCUT2D eigenvalue weighted by Gasteiger charge is -2.34. The van der Waals surface area contributed by atoms with E-state index in [9.17, 15) is 22.8 Å². The van der Waals surface area contributed by atoms with Gasteiger partial charge in [0.05, 0.1) is 4.90 Å². The summed E-state index contributed by atoms with van der Waals surface area (Å²) in [6, 6.07) is 5.34. The van der Waals surface area contributed by atoms with E-state index in [1.54, 1.807) is 19.9 Å². The lowest BCUT2D eigenvalue weighted by atomic mass is 9.77. The zero-order valence-corrected chi connectivity index (χ0v) is 16.7. The molecule has 1 heterocycles.